The molecule has 6 nitrogen and oxygen atoms in total. The second kappa shape index (κ2) is 4.64. The highest BCUT2D eigenvalue weighted by atomic mass is 16.5. The molecule has 1 N–H and O–H groups in total. The van der Waals surface area contributed by atoms with Crippen molar-refractivity contribution in [3.8, 4) is 0 Å². The summed E-state index contributed by atoms with van der Waals surface area (Å²) in [7, 11) is 0. The standard InChI is InChI=1S/C14H16N4O2/c19-14(9-3-10-7-20-8-11(4-9)17-10)12-5-16-13-6-15-1-2-18(12)13/h1-2,5-6,9-11,17H,3-4,7-8H2. The first kappa shape index (κ1) is 12.0. The van der Waals surface area contributed by atoms with Gasteiger partial charge in [0.1, 0.15) is 5.69 Å². The predicted molar refractivity (Wildman–Crippen MR) is 71.6 cm³/mol. The minimum atomic E-state index is 0.0585. The van der Waals surface area contributed by atoms with E-state index in [-0.39, 0.29) is 11.7 Å². The lowest BCUT2D eigenvalue weighted by Crippen LogP contribution is -2.55. The molecule has 20 heavy (non-hydrogen) atoms. The molecule has 2 aromatic rings. The molecule has 2 aliphatic heterocycles. The zero-order valence-electron chi connectivity index (χ0n) is 11.0. The van der Waals surface area contributed by atoms with E-state index < -0.39 is 0 Å². The summed E-state index contributed by atoms with van der Waals surface area (Å²) in [5.74, 6) is 0.241. The summed E-state index contributed by atoms with van der Waals surface area (Å²) in [6, 6.07) is 0.606. The first-order valence-electron chi connectivity index (χ1n) is 6.96. The predicted octanol–water partition coefficient (Wildman–Crippen LogP) is 0.679. The second-order valence-corrected chi connectivity index (χ2v) is 5.58. The molecule has 4 rings (SSSR count). The van der Waals surface area contributed by atoms with Crippen LogP contribution in [0.2, 0.25) is 0 Å². The molecule has 2 unspecified atom stereocenters. The highest BCUT2D eigenvalue weighted by molar-refractivity contribution is 5.97. The van der Waals surface area contributed by atoms with Crippen LogP contribution in [0.3, 0.4) is 0 Å². The maximum absolute atomic E-state index is 12.8. The van der Waals surface area contributed by atoms with E-state index in [1.54, 1.807) is 24.8 Å². The molecule has 6 heteroatoms. The van der Waals surface area contributed by atoms with Crippen LogP contribution in [-0.4, -0.2) is 45.4 Å². The van der Waals surface area contributed by atoms with E-state index in [1.807, 2.05) is 4.40 Å². The maximum atomic E-state index is 12.8. The Labute approximate surface area is 116 Å². The van der Waals surface area contributed by atoms with E-state index >= 15 is 0 Å². The number of hydrogen-bond donors (Lipinski definition) is 1. The summed E-state index contributed by atoms with van der Waals surface area (Å²) in [6.07, 6.45) is 8.48. The Morgan fingerprint density at radius 3 is 2.90 bits per heavy atom. The third kappa shape index (κ3) is 1.92. The molecule has 2 saturated heterocycles. The van der Waals surface area contributed by atoms with Crippen LogP contribution < -0.4 is 5.32 Å². The van der Waals surface area contributed by atoms with Crippen LogP contribution in [0, 0.1) is 5.92 Å². The molecule has 2 atom stereocenters. The van der Waals surface area contributed by atoms with Gasteiger partial charge < -0.3 is 10.1 Å². The van der Waals surface area contributed by atoms with Crippen molar-refractivity contribution < 1.29 is 9.53 Å². The number of aromatic nitrogens is 3. The molecule has 4 heterocycles. The number of imidazole rings is 1. The molecule has 2 aliphatic rings. The average Bonchev–Trinajstić information content (AvgIpc) is 2.90. The highest BCUT2D eigenvalue weighted by Gasteiger charge is 2.36. The average molecular weight is 272 g/mol. The number of nitrogens with zero attached hydrogens (tertiary/aromatic N) is 3. The second-order valence-electron chi connectivity index (χ2n) is 5.58. The van der Waals surface area contributed by atoms with Crippen molar-refractivity contribution in [2.75, 3.05) is 13.2 Å². The number of piperidine rings is 1. The number of hydrogen-bond acceptors (Lipinski definition) is 5. The summed E-state index contributed by atoms with van der Waals surface area (Å²) < 4.78 is 7.35. The topological polar surface area (TPSA) is 68.5 Å². The van der Waals surface area contributed by atoms with Crippen molar-refractivity contribution in [3.63, 3.8) is 0 Å². The summed E-state index contributed by atoms with van der Waals surface area (Å²) in [6.45, 7) is 1.41. The van der Waals surface area contributed by atoms with Crippen molar-refractivity contribution in [1.29, 1.82) is 0 Å². The molecule has 2 fully saturated rings. The number of nitrogens with one attached hydrogen (secondary N) is 1. The van der Waals surface area contributed by atoms with Crippen LogP contribution in [-0.2, 0) is 4.74 Å². The van der Waals surface area contributed by atoms with Gasteiger partial charge in [0.2, 0.25) is 0 Å². The van der Waals surface area contributed by atoms with Crippen LogP contribution in [0.15, 0.2) is 24.8 Å². The third-order valence-electron chi connectivity index (χ3n) is 4.19. The Morgan fingerprint density at radius 1 is 1.30 bits per heavy atom. The lowest BCUT2D eigenvalue weighted by Gasteiger charge is -2.39. The van der Waals surface area contributed by atoms with Crippen LogP contribution in [0.1, 0.15) is 23.3 Å². The molecule has 0 spiro atoms. The van der Waals surface area contributed by atoms with Crippen molar-refractivity contribution in [1.82, 2.24) is 19.7 Å². The number of carbonyl (C=O) groups is 1. The number of Topliss-reactive ketones (excluding diaryl/α,β-unsaturated/α-hetero) is 1. The maximum Gasteiger partial charge on any atom is 0.184 e. The number of rotatable bonds is 2. The fraction of sp³-hybridized carbons (Fsp3) is 0.500. The minimum Gasteiger partial charge on any atom is -0.378 e. The molecule has 0 aliphatic carbocycles. The molecular weight excluding hydrogens is 256 g/mol. The number of morpholine rings is 1. The van der Waals surface area contributed by atoms with Crippen LogP contribution in [0.5, 0.6) is 0 Å². The largest absolute Gasteiger partial charge is 0.378 e. The molecule has 2 bridgehead atoms. The van der Waals surface area contributed by atoms with Gasteiger partial charge in [-0.15, -0.1) is 0 Å². The van der Waals surface area contributed by atoms with E-state index in [1.165, 1.54) is 0 Å². The smallest absolute Gasteiger partial charge is 0.184 e. The Balaban J connectivity index is 1.63. The van der Waals surface area contributed by atoms with E-state index in [4.69, 9.17) is 4.74 Å². The summed E-state index contributed by atoms with van der Waals surface area (Å²) in [5.41, 5.74) is 1.38. The number of carbonyl (C=O) groups excluding carboxylic acids is 1. The normalized spacial score (nSPS) is 29.5. The zero-order valence-corrected chi connectivity index (χ0v) is 11.0. The molecule has 0 aromatic carbocycles. The van der Waals surface area contributed by atoms with Crippen molar-refractivity contribution in [2.45, 2.75) is 24.9 Å². The molecule has 2 aromatic heterocycles. The van der Waals surface area contributed by atoms with Gasteiger partial charge in [0, 0.05) is 30.4 Å². The van der Waals surface area contributed by atoms with Crippen LogP contribution in [0.4, 0.5) is 0 Å². The molecule has 0 saturated carbocycles. The Morgan fingerprint density at radius 2 is 2.10 bits per heavy atom. The highest BCUT2D eigenvalue weighted by Crippen LogP contribution is 2.27. The summed E-state index contributed by atoms with van der Waals surface area (Å²) in [4.78, 5) is 21.0. The molecular formula is C14H16N4O2. The molecule has 104 valence electrons. The summed E-state index contributed by atoms with van der Waals surface area (Å²) in [5, 5.41) is 3.51. The van der Waals surface area contributed by atoms with Gasteiger partial charge in [-0.2, -0.15) is 0 Å². The number of fused-ring (bicyclic) bond motifs is 3. The lowest BCUT2D eigenvalue weighted by atomic mass is 9.83. The van der Waals surface area contributed by atoms with Gasteiger partial charge in [0.05, 0.1) is 25.6 Å². The number of ether oxygens (including phenoxy) is 1. The Bertz CT molecular complexity index is 641. The van der Waals surface area contributed by atoms with Crippen molar-refractivity contribution in [2.24, 2.45) is 5.92 Å². The summed E-state index contributed by atoms with van der Waals surface area (Å²) >= 11 is 0. The van der Waals surface area contributed by atoms with E-state index in [0.717, 1.165) is 12.8 Å². The first-order valence-corrected chi connectivity index (χ1v) is 6.96. The van der Waals surface area contributed by atoms with Crippen molar-refractivity contribution in [3.05, 3.63) is 30.5 Å². The lowest BCUT2D eigenvalue weighted by molar-refractivity contribution is 0.00941. The first-order chi connectivity index (χ1) is 9.81. The molecule has 0 amide bonds. The van der Waals surface area contributed by atoms with Gasteiger partial charge in [-0.05, 0) is 12.8 Å². The van der Waals surface area contributed by atoms with Gasteiger partial charge in [-0.3, -0.25) is 14.2 Å². The van der Waals surface area contributed by atoms with E-state index in [2.05, 4.69) is 15.3 Å². The number of ketones is 1. The third-order valence-corrected chi connectivity index (χ3v) is 4.19. The van der Waals surface area contributed by atoms with Crippen molar-refractivity contribution >= 4 is 11.4 Å². The quantitative estimate of drug-likeness (QED) is 0.814. The SMILES string of the molecule is O=C(c1cnc2cnccn12)C1CC2COCC(C1)N2. The zero-order chi connectivity index (χ0) is 13.5. The van der Waals surface area contributed by atoms with E-state index in [0.29, 0.717) is 36.6 Å². The Kier molecular flexibility index (Phi) is 2.78. The van der Waals surface area contributed by atoms with Gasteiger partial charge in [0.15, 0.2) is 11.4 Å². The van der Waals surface area contributed by atoms with Gasteiger partial charge in [-0.25, -0.2) is 4.98 Å². The fourth-order valence-corrected chi connectivity index (χ4v) is 3.29. The van der Waals surface area contributed by atoms with Crippen LogP contribution >= 0.6 is 0 Å². The van der Waals surface area contributed by atoms with E-state index in [9.17, 15) is 4.79 Å². The van der Waals surface area contributed by atoms with Crippen LogP contribution in [0.25, 0.3) is 5.65 Å². The van der Waals surface area contributed by atoms with Gasteiger partial charge >= 0.3 is 0 Å². The van der Waals surface area contributed by atoms with Gasteiger partial charge in [-0.1, -0.05) is 0 Å². The van der Waals surface area contributed by atoms with Gasteiger partial charge in [0.25, 0.3) is 0 Å². The monoisotopic (exact) mass is 272 g/mol. The minimum absolute atomic E-state index is 0.0585. The fourth-order valence-electron chi connectivity index (χ4n) is 3.29. The Hall–Kier alpha value is -1.79. The molecule has 0 radical (unpaired) electrons.